The highest BCUT2D eigenvalue weighted by molar-refractivity contribution is 6.38. The topological polar surface area (TPSA) is 24.9 Å². The molecule has 0 atom stereocenters. The Morgan fingerprint density at radius 3 is 2.55 bits per heavy atom. The molecule has 2 nitrogen and oxygen atoms in total. The van der Waals surface area contributed by atoms with Crippen molar-refractivity contribution in [1.29, 1.82) is 0 Å². The summed E-state index contributed by atoms with van der Waals surface area (Å²) in [5.41, 5.74) is 4.20. The van der Waals surface area contributed by atoms with Gasteiger partial charge in [0.1, 0.15) is 0 Å². The van der Waals surface area contributed by atoms with Gasteiger partial charge in [0.2, 0.25) is 0 Å². The van der Waals surface area contributed by atoms with Gasteiger partial charge in [-0.1, -0.05) is 44.0 Å². The Morgan fingerprint density at radius 2 is 1.95 bits per heavy atom. The molecule has 0 aliphatic carbocycles. The lowest BCUT2D eigenvalue weighted by Crippen LogP contribution is -2.08. The molecule has 0 aliphatic heterocycles. The zero-order chi connectivity index (χ0) is 14.9. The van der Waals surface area contributed by atoms with E-state index >= 15 is 0 Å². The smallest absolute Gasteiger partial charge is 0.0913 e. The number of nitrogens with one attached hydrogen (secondary N) is 1. The standard InChI is InChI=1S/C16H20Cl2N2/c1-5-6-19-16-12-7-11(17)8-13(18)15(12)20-10(4)14(16)9(2)3/h7-9H,5-6H2,1-4H3,(H,19,20). The molecule has 0 saturated heterocycles. The van der Waals surface area contributed by atoms with Gasteiger partial charge in [-0.3, -0.25) is 4.98 Å². The van der Waals surface area contributed by atoms with Gasteiger partial charge in [-0.2, -0.15) is 0 Å². The largest absolute Gasteiger partial charge is 0.384 e. The number of nitrogens with zero attached hydrogens (tertiary/aromatic N) is 1. The van der Waals surface area contributed by atoms with E-state index in [1.165, 1.54) is 5.56 Å². The van der Waals surface area contributed by atoms with Gasteiger partial charge < -0.3 is 5.32 Å². The number of hydrogen-bond acceptors (Lipinski definition) is 2. The van der Waals surface area contributed by atoms with Crippen LogP contribution in [0, 0.1) is 6.92 Å². The molecule has 1 N–H and O–H groups in total. The zero-order valence-electron chi connectivity index (χ0n) is 12.3. The number of aromatic nitrogens is 1. The fourth-order valence-corrected chi connectivity index (χ4v) is 3.11. The van der Waals surface area contributed by atoms with Gasteiger partial charge in [0, 0.05) is 28.3 Å². The fourth-order valence-electron chi connectivity index (χ4n) is 2.57. The van der Waals surface area contributed by atoms with Crippen molar-refractivity contribution < 1.29 is 0 Å². The van der Waals surface area contributed by atoms with Gasteiger partial charge in [0.05, 0.1) is 10.5 Å². The Bertz CT molecular complexity index is 636. The van der Waals surface area contributed by atoms with E-state index in [4.69, 9.17) is 23.2 Å². The van der Waals surface area contributed by atoms with Gasteiger partial charge in [0.15, 0.2) is 0 Å². The summed E-state index contributed by atoms with van der Waals surface area (Å²) >= 11 is 12.5. The van der Waals surface area contributed by atoms with Crippen molar-refractivity contribution in [3.8, 4) is 0 Å². The van der Waals surface area contributed by atoms with Crippen LogP contribution in [0.15, 0.2) is 12.1 Å². The van der Waals surface area contributed by atoms with Crippen LogP contribution in [0.2, 0.25) is 10.0 Å². The van der Waals surface area contributed by atoms with E-state index in [1.807, 2.05) is 13.0 Å². The summed E-state index contributed by atoms with van der Waals surface area (Å²) in [5.74, 6) is 0.393. The van der Waals surface area contributed by atoms with Gasteiger partial charge in [-0.25, -0.2) is 0 Å². The van der Waals surface area contributed by atoms with Crippen LogP contribution in [0.25, 0.3) is 10.9 Å². The molecule has 4 heteroatoms. The number of fused-ring (bicyclic) bond motifs is 1. The summed E-state index contributed by atoms with van der Waals surface area (Å²) in [5, 5.41) is 5.77. The first-order valence-corrected chi connectivity index (χ1v) is 7.74. The number of rotatable bonds is 4. The quantitative estimate of drug-likeness (QED) is 0.772. The van der Waals surface area contributed by atoms with Crippen molar-refractivity contribution in [3.63, 3.8) is 0 Å². The molecule has 108 valence electrons. The number of pyridine rings is 1. The molecule has 0 aliphatic rings. The molecule has 0 amide bonds. The summed E-state index contributed by atoms with van der Waals surface area (Å²) in [6.07, 6.45) is 1.06. The molecule has 1 aromatic carbocycles. The van der Waals surface area contributed by atoms with Gasteiger partial charge in [0.25, 0.3) is 0 Å². The van der Waals surface area contributed by atoms with Crippen molar-refractivity contribution in [1.82, 2.24) is 4.98 Å². The number of halogens is 2. The maximum absolute atomic E-state index is 6.30. The summed E-state index contributed by atoms with van der Waals surface area (Å²) in [6, 6.07) is 3.69. The first-order valence-electron chi connectivity index (χ1n) is 6.98. The minimum atomic E-state index is 0.393. The molecule has 0 spiro atoms. The average molecular weight is 311 g/mol. The fraction of sp³-hybridized carbons (Fsp3) is 0.438. The van der Waals surface area contributed by atoms with Crippen LogP contribution in [0.4, 0.5) is 5.69 Å². The Morgan fingerprint density at radius 1 is 1.25 bits per heavy atom. The van der Waals surface area contributed by atoms with Crippen LogP contribution in [0.5, 0.6) is 0 Å². The van der Waals surface area contributed by atoms with Gasteiger partial charge >= 0.3 is 0 Å². The van der Waals surface area contributed by atoms with Crippen molar-refractivity contribution >= 4 is 39.8 Å². The maximum Gasteiger partial charge on any atom is 0.0913 e. The Hall–Kier alpha value is -0.990. The molecule has 0 radical (unpaired) electrons. The van der Waals surface area contributed by atoms with Gasteiger partial charge in [-0.05, 0) is 37.0 Å². The molecule has 2 aromatic rings. The number of hydrogen-bond donors (Lipinski definition) is 1. The predicted molar refractivity (Wildman–Crippen MR) is 89.4 cm³/mol. The SMILES string of the molecule is CCCNc1c(C(C)C)c(C)nc2c(Cl)cc(Cl)cc12. The van der Waals surface area contributed by atoms with Crippen molar-refractivity contribution in [3.05, 3.63) is 33.4 Å². The maximum atomic E-state index is 6.30. The van der Waals surface area contributed by atoms with E-state index in [2.05, 4.69) is 31.1 Å². The lowest BCUT2D eigenvalue weighted by molar-refractivity contribution is 0.845. The average Bonchev–Trinajstić information content (AvgIpc) is 2.36. The van der Waals surface area contributed by atoms with E-state index in [0.29, 0.717) is 16.0 Å². The number of aryl methyl sites for hydroxylation is 1. The molecule has 0 unspecified atom stereocenters. The number of benzene rings is 1. The summed E-state index contributed by atoms with van der Waals surface area (Å²) in [6.45, 7) is 9.47. The first-order chi connectivity index (χ1) is 9.45. The van der Waals surface area contributed by atoms with E-state index in [-0.39, 0.29) is 0 Å². The monoisotopic (exact) mass is 310 g/mol. The predicted octanol–water partition coefficient (Wildman–Crippen LogP) is 5.80. The Balaban J connectivity index is 2.80. The zero-order valence-corrected chi connectivity index (χ0v) is 13.9. The molecule has 1 heterocycles. The Kier molecular flexibility index (Phi) is 4.77. The van der Waals surface area contributed by atoms with Crippen LogP contribution in [0.3, 0.4) is 0 Å². The van der Waals surface area contributed by atoms with Crippen LogP contribution < -0.4 is 5.32 Å². The third-order valence-electron chi connectivity index (χ3n) is 3.37. The molecule has 0 saturated carbocycles. The van der Waals surface area contributed by atoms with Crippen molar-refractivity contribution in [2.24, 2.45) is 0 Å². The minimum Gasteiger partial charge on any atom is -0.384 e. The minimum absolute atomic E-state index is 0.393. The van der Waals surface area contributed by atoms with E-state index in [9.17, 15) is 0 Å². The first kappa shape index (κ1) is 15.4. The lowest BCUT2D eigenvalue weighted by Gasteiger charge is -2.20. The van der Waals surface area contributed by atoms with Crippen molar-refractivity contribution in [2.75, 3.05) is 11.9 Å². The third kappa shape index (κ3) is 2.87. The summed E-state index contributed by atoms with van der Waals surface area (Å²) in [7, 11) is 0. The second-order valence-corrected chi connectivity index (χ2v) is 6.19. The van der Waals surface area contributed by atoms with Crippen LogP contribution in [-0.2, 0) is 0 Å². The molecule has 0 bridgehead atoms. The second-order valence-electron chi connectivity index (χ2n) is 5.35. The van der Waals surface area contributed by atoms with Crippen LogP contribution in [0.1, 0.15) is 44.4 Å². The molecule has 0 fully saturated rings. The van der Waals surface area contributed by atoms with Gasteiger partial charge in [-0.15, -0.1) is 0 Å². The highest BCUT2D eigenvalue weighted by atomic mass is 35.5. The molecular weight excluding hydrogens is 291 g/mol. The highest BCUT2D eigenvalue weighted by Crippen LogP contribution is 2.37. The lowest BCUT2D eigenvalue weighted by atomic mass is 9.96. The number of anilines is 1. The molecule has 1 aromatic heterocycles. The third-order valence-corrected chi connectivity index (χ3v) is 3.87. The normalized spacial score (nSPS) is 11.3. The van der Waals surface area contributed by atoms with Crippen LogP contribution >= 0.6 is 23.2 Å². The summed E-state index contributed by atoms with van der Waals surface area (Å²) in [4.78, 5) is 4.68. The summed E-state index contributed by atoms with van der Waals surface area (Å²) < 4.78 is 0. The van der Waals surface area contributed by atoms with E-state index in [0.717, 1.165) is 35.2 Å². The highest BCUT2D eigenvalue weighted by Gasteiger charge is 2.17. The van der Waals surface area contributed by atoms with E-state index in [1.54, 1.807) is 6.07 Å². The van der Waals surface area contributed by atoms with Crippen LogP contribution in [-0.4, -0.2) is 11.5 Å². The van der Waals surface area contributed by atoms with E-state index < -0.39 is 0 Å². The molecular formula is C16H20Cl2N2. The second kappa shape index (κ2) is 6.19. The molecule has 20 heavy (non-hydrogen) atoms. The van der Waals surface area contributed by atoms with Crippen molar-refractivity contribution in [2.45, 2.75) is 40.0 Å². The Labute approximate surface area is 130 Å². The molecule has 2 rings (SSSR count).